The summed E-state index contributed by atoms with van der Waals surface area (Å²) in [5.74, 6) is -0.963. The number of hydrogen-bond donors (Lipinski definition) is 1. The van der Waals surface area contributed by atoms with E-state index in [1.807, 2.05) is 0 Å². The summed E-state index contributed by atoms with van der Waals surface area (Å²) in [6.07, 6.45) is -5.37. The zero-order valence-electron chi connectivity index (χ0n) is 5.81. The minimum absolute atomic E-state index is 0.833. The van der Waals surface area contributed by atoms with E-state index in [4.69, 9.17) is 0 Å². The van der Waals surface area contributed by atoms with Crippen LogP contribution < -0.4 is 5.73 Å². The van der Waals surface area contributed by atoms with Crippen LogP contribution >= 0.6 is 0 Å². The minimum Gasteiger partial charge on any atom is -0.469 e. The average Bonchev–Trinajstić information content (AvgIpc) is 1.85. The number of carbonyl (C=O) groups is 1. The van der Waals surface area contributed by atoms with Crippen LogP contribution in [0.15, 0.2) is 0 Å². The Balaban J connectivity index is 3.87. The Hall–Kier alpha value is -0.780. The first-order chi connectivity index (χ1) is 4.88. The Morgan fingerprint density at radius 1 is 1.64 bits per heavy atom. The zero-order valence-corrected chi connectivity index (χ0v) is 5.81. The Labute approximate surface area is 61.3 Å². The lowest BCUT2D eigenvalue weighted by molar-refractivity contribution is -0.162. The SMILES string of the molecule is COC(=O)C[C@H](N)C(F)(F)F. The standard InChI is InChI=1S/C5H8F3NO2/c1-11-4(10)2-3(9)5(6,7)8/h3H,2,9H2,1H3/t3-/m0/s1. The second kappa shape index (κ2) is 3.56. The highest BCUT2D eigenvalue weighted by molar-refractivity contribution is 5.69. The molecule has 0 aromatic heterocycles. The summed E-state index contributed by atoms with van der Waals surface area (Å²) in [6.45, 7) is 0. The van der Waals surface area contributed by atoms with Crippen molar-refractivity contribution >= 4 is 5.97 Å². The molecule has 0 radical (unpaired) electrons. The van der Waals surface area contributed by atoms with Crippen LogP contribution in [0.5, 0.6) is 0 Å². The molecule has 3 nitrogen and oxygen atoms in total. The van der Waals surface area contributed by atoms with E-state index in [1.165, 1.54) is 0 Å². The largest absolute Gasteiger partial charge is 0.469 e. The van der Waals surface area contributed by atoms with E-state index in [2.05, 4.69) is 10.5 Å². The number of alkyl halides is 3. The van der Waals surface area contributed by atoms with E-state index in [9.17, 15) is 18.0 Å². The van der Waals surface area contributed by atoms with Crippen molar-refractivity contribution in [2.45, 2.75) is 18.6 Å². The molecule has 0 aromatic carbocycles. The Morgan fingerprint density at radius 2 is 2.09 bits per heavy atom. The number of esters is 1. The third-order valence-electron chi connectivity index (χ3n) is 1.03. The van der Waals surface area contributed by atoms with Gasteiger partial charge in [0.1, 0.15) is 6.04 Å². The third kappa shape index (κ3) is 3.82. The number of hydrogen-bond acceptors (Lipinski definition) is 3. The van der Waals surface area contributed by atoms with Gasteiger partial charge in [0.25, 0.3) is 0 Å². The van der Waals surface area contributed by atoms with Crippen molar-refractivity contribution in [3.63, 3.8) is 0 Å². The van der Waals surface area contributed by atoms with Gasteiger partial charge in [-0.1, -0.05) is 0 Å². The molecule has 0 heterocycles. The second-order valence-corrected chi connectivity index (χ2v) is 1.93. The predicted octanol–water partition coefficient (Wildman–Crippen LogP) is 0.439. The first-order valence-electron chi connectivity index (χ1n) is 2.77. The van der Waals surface area contributed by atoms with E-state index < -0.39 is 24.6 Å². The lowest BCUT2D eigenvalue weighted by atomic mass is 10.2. The van der Waals surface area contributed by atoms with Gasteiger partial charge in [-0.15, -0.1) is 0 Å². The Bertz CT molecular complexity index is 145. The summed E-state index contributed by atoms with van der Waals surface area (Å²) >= 11 is 0. The second-order valence-electron chi connectivity index (χ2n) is 1.93. The van der Waals surface area contributed by atoms with Crippen molar-refractivity contribution < 1.29 is 22.7 Å². The highest BCUT2D eigenvalue weighted by Crippen LogP contribution is 2.20. The maximum atomic E-state index is 11.6. The number of rotatable bonds is 2. The molecule has 0 bridgehead atoms. The van der Waals surface area contributed by atoms with E-state index >= 15 is 0 Å². The van der Waals surface area contributed by atoms with Crippen LogP contribution in [-0.2, 0) is 9.53 Å². The van der Waals surface area contributed by atoms with Gasteiger partial charge in [-0.3, -0.25) is 4.79 Å². The maximum absolute atomic E-state index is 11.6. The molecule has 0 aliphatic carbocycles. The third-order valence-corrected chi connectivity index (χ3v) is 1.03. The van der Waals surface area contributed by atoms with Crippen LogP contribution in [0.1, 0.15) is 6.42 Å². The van der Waals surface area contributed by atoms with Crippen LogP contribution in [0.4, 0.5) is 13.2 Å². The number of halogens is 3. The predicted molar refractivity (Wildman–Crippen MR) is 30.7 cm³/mol. The van der Waals surface area contributed by atoms with Crippen LogP contribution in [0.25, 0.3) is 0 Å². The van der Waals surface area contributed by atoms with Crippen molar-refractivity contribution in [3.8, 4) is 0 Å². The molecule has 0 rings (SSSR count). The Morgan fingerprint density at radius 3 is 2.36 bits per heavy atom. The van der Waals surface area contributed by atoms with Crippen molar-refractivity contribution in [1.29, 1.82) is 0 Å². The molecule has 0 amide bonds. The van der Waals surface area contributed by atoms with Gasteiger partial charge in [0.05, 0.1) is 13.5 Å². The van der Waals surface area contributed by atoms with Crippen LogP contribution in [-0.4, -0.2) is 25.3 Å². The number of nitrogens with two attached hydrogens (primary N) is 1. The van der Waals surface area contributed by atoms with E-state index in [1.54, 1.807) is 0 Å². The van der Waals surface area contributed by atoms with E-state index in [-0.39, 0.29) is 0 Å². The summed E-state index contributed by atoms with van der Waals surface area (Å²) < 4.78 is 38.8. The molecule has 6 heteroatoms. The van der Waals surface area contributed by atoms with Gasteiger partial charge >= 0.3 is 12.1 Å². The van der Waals surface area contributed by atoms with E-state index in [0.717, 1.165) is 7.11 Å². The smallest absolute Gasteiger partial charge is 0.404 e. The molecule has 0 fully saturated rings. The monoisotopic (exact) mass is 171 g/mol. The van der Waals surface area contributed by atoms with Crippen molar-refractivity contribution in [2.24, 2.45) is 5.73 Å². The molecule has 11 heavy (non-hydrogen) atoms. The van der Waals surface area contributed by atoms with Gasteiger partial charge in [-0.05, 0) is 0 Å². The average molecular weight is 171 g/mol. The summed E-state index contributed by atoms with van der Waals surface area (Å²) in [5.41, 5.74) is 4.60. The molecule has 0 aliphatic rings. The molecule has 1 atom stereocenters. The number of carbonyl (C=O) groups excluding carboxylic acids is 1. The topological polar surface area (TPSA) is 52.3 Å². The zero-order chi connectivity index (χ0) is 9.07. The molecular weight excluding hydrogens is 163 g/mol. The van der Waals surface area contributed by atoms with E-state index in [0.29, 0.717) is 0 Å². The number of ether oxygens (including phenoxy) is 1. The summed E-state index contributed by atoms with van der Waals surface area (Å²) in [5, 5.41) is 0. The summed E-state index contributed by atoms with van der Waals surface area (Å²) in [4.78, 5) is 10.3. The molecule has 0 aromatic rings. The first-order valence-corrected chi connectivity index (χ1v) is 2.77. The molecule has 0 saturated heterocycles. The van der Waals surface area contributed by atoms with Gasteiger partial charge in [0, 0.05) is 0 Å². The molecule has 0 spiro atoms. The first kappa shape index (κ1) is 10.2. The van der Waals surface area contributed by atoms with Crippen LogP contribution in [0.2, 0.25) is 0 Å². The normalized spacial score (nSPS) is 14.3. The van der Waals surface area contributed by atoms with Crippen LogP contribution in [0, 0.1) is 0 Å². The highest BCUT2D eigenvalue weighted by atomic mass is 19.4. The van der Waals surface area contributed by atoms with Crippen molar-refractivity contribution in [1.82, 2.24) is 0 Å². The fourth-order valence-corrected chi connectivity index (χ4v) is 0.379. The summed E-state index contributed by atoms with van der Waals surface area (Å²) in [6, 6.07) is -2.13. The molecule has 0 saturated carbocycles. The van der Waals surface area contributed by atoms with Gasteiger partial charge < -0.3 is 10.5 Å². The molecule has 2 N–H and O–H groups in total. The lowest BCUT2D eigenvalue weighted by Gasteiger charge is -2.13. The van der Waals surface area contributed by atoms with Crippen molar-refractivity contribution in [3.05, 3.63) is 0 Å². The van der Waals surface area contributed by atoms with Crippen molar-refractivity contribution in [2.75, 3.05) is 7.11 Å². The lowest BCUT2D eigenvalue weighted by Crippen LogP contribution is -2.39. The van der Waals surface area contributed by atoms with Gasteiger partial charge in [-0.25, -0.2) is 0 Å². The van der Waals surface area contributed by atoms with Gasteiger partial charge in [0.15, 0.2) is 0 Å². The molecule has 66 valence electrons. The van der Waals surface area contributed by atoms with Gasteiger partial charge in [0.2, 0.25) is 0 Å². The van der Waals surface area contributed by atoms with Crippen LogP contribution in [0.3, 0.4) is 0 Å². The quantitative estimate of drug-likeness (QED) is 0.613. The molecular formula is C5H8F3NO2. The maximum Gasteiger partial charge on any atom is 0.404 e. The summed E-state index contributed by atoms with van der Waals surface area (Å²) in [7, 11) is 1.01. The minimum atomic E-state index is -4.53. The fraction of sp³-hybridized carbons (Fsp3) is 0.800. The molecule has 0 unspecified atom stereocenters. The molecule has 0 aliphatic heterocycles. The van der Waals surface area contributed by atoms with Gasteiger partial charge in [-0.2, -0.15) is 13.2 Å². The Kier molecular flexibility index (Phi) is 3.31. The number of methoxy groups -OCH3 is 1. The fourth-order valence-electron chi connectivity index (χ4n) is 0.379. The highest BCUT2D eigenvalue weighted by Gasteiger charge is 2.38.